The summed E-state index contributed by atoms with van der Waals surface area (Å²) in [5.74, 6) is -0.338. The maximum Gasteiger partial charge on any atom is 0.305 e. The van der Waals surface area contributed by atoms with E-state index >= 15 is 0 Å². The molecular formula is C32H32N4O5. The highest BCUT2D eigenvalue weighted by Gasteiger charge is 2.43. The fraction of sp³-hybridized carbons (Fsp3) is 0.344. The largest absolute Gasteiger partial charge is 0.515 e. The molecule has 6 rings (SSSR count). The van der Waals surface area contributed by atoms with Crippen LogP contribution in [0.1, 0.15) is 47.0 Å². The molecule has 0 aromatic rings. The van der Waals surface area contributed by atoms with Gasteiger partial charge in [0, 0.05) is 58.4 Å². The van der Waals surface area contributed by atoms with Crippen molar-refractivity contribution in [1.82, 2.24) is 5.32 Å². The van der Waals surface area contributed by atoms with Crippen LogP contribution >= 0.6 is 0 Å². The molecule has 1 saturated heterocycles. The summed E-state index contributed by atoms with van der Waals surface area (Å²) >= 11 is 0. The summed E-state index contributed by atoms with van der Waals surface area (Å²) in [6.07, 6.45) is 7.67. The Bertz CT molecular complexity index is 1680. The number of hydrogen-bond acceptors (Lipinski definition) is 9. The third-order valence-electron chi connectivity index (χ3n) is 8.90. The predicted octanol–water partition coefficient (Wildman–Crippen LogP) is 4.39. The second kappa shape index (κ2) is 9.92. The van der Waals surface area contributed by atoms with E-state index in [2.05, 4.69) is 12.2 Å². The molecule has 41 heavy (non-hydrogen) atoms. The van der Waals surface area contributed by atoms with E-state index < -0.39 is 0 Å². The minimum absolute atomic E-state index is 0.00367. The number of nitrogens with one attached hydrogen (secondary N) is 1. The lowest BCUT2D eigenvalue weighted by Gasteiger charge is -2.17. The quantitative estimate of drug-likeness (QED) is 0.350. The zero-order valence-corrected chi connectivity index (χ0v) is 23.8. The van der Waals surface area contributed by atoms with Gasteiger partial charge in [-0.2, -0.15) is 0 Å². The number of hydrogen-bond donors (Lipinski definition) is 3. The van der Waals surface area contributed by atoms with Crippen LogP contribution in [0.2, 0.25) is 0 Å². The van der Waals surface area contributed by atoms with Gasteiger partial charge in [-0.25, -0.2) is 15.0 Å². The molecule has 1 saturated carbocycles. The van der Waals surface area contributed by atoms with Gasteiger partial charge in [-0.15, -0.1) is 0 Å². The molecule has 9 heteroatoms. The van der Waals surface area contributed by atoms with Gasteiger partial charge in [0.15, 0.2) is 5.78 Å². The molecule has 0 unspecified atom stereocenters. The van der Waals surface area contributed by atoms with Crippen LogP contribution in [0.5, 0.6) is 0 Å². The monoisotopic (exact) mass is 552 g/mol. The van der Waals surface area contributed by atoms with E-state index in [1.807, 2.05) is 32.9 Å². The lowest BCUT2D eigenvalue weighted by molar-refractivity contribution is -0.140. The molecule has 0 spiro atoms. The molecule has 0 amide bonds. The summed E-state index contributed by atoms with van der Waals surface area (Å²) in [4.78, 5) is 40.1. The number of aliphatic imine (C=N–C) groups is 3. The lowest BCUT2D eigenvalue weighted by atomic mass is 9.86. The van der Waals surface area contributed by atoms with Crippen molar-refractivity contribution in [1.29, 1.82) is 0 Å². The van der Waals surface area contributed by atoms with Crippen molar-refractivity contribution in [3.63, 3.8) is 0 Å². The van der Waals surface area contributed by atoms with E-state index in [0.717, 1.165) is 45.7 Å². The fourth-order valence-electron chi connectivity index (χ4n) is 6.40. The molecule has 0 aromatic heterocycles. The van der Waals surface area contributed by atoms with Gasteiger partial charge in [0.1, 0.15) is 0 Å². The van der Waals surface area contributed by atoms with Crippen molar-refractivity contribution in [3.8, 4) is 0 Å². The van der Waals surface area contributed by atoms with Crippen LogP contribution in [0.3, 0.4) is 0 Å². The Morgan fingerprint density at radius 2 is 1.85 bits per heavy atom. The second-order valence-electron chi connectivity index (χ2n) is 11.1. The molecule has 9 nitrogen and oxygen atoms in total. The topological polar surface area (TPSA) is 133 Å². The van der Waals surface area contributed by atoms with Crippen LogP contribution in [-0.4, -0.2) is 52.8 Å². The number of aliphatic hydroxyl groups excluding tert-OH is 2. The molecule has 0 radical (unpaired) electrons. The maximum absolute atomic E-state index is 13.4. The van der Waals surface area contributed by atoms with Crippen LogP contribution in [0, 0.1) is 11.8 Å². The summed E-state index contributed by atoms with van der Waals surface area (Å²) in [7, 11) is 1.38. The minimum atomic E-state index is -0.283. The molecule has 0 aromatic carbocycles. The average molecular weight is 553 g/mol. The Morgan fingerprint density at radius 1 is 1.07 bits per heavy atom. The van der Waals surface area contributed by atoms with Gasteiger partial charge in [0.25, 0.3) is 0 Å². The third-order valence-corrected chi connectivity index (χ3v) is 8.90. The standard InChI is InChI=1S/C32H32N4O5/c1-14-18(6-7-29(40)41-5)31-19-8-28(39)30-17(4)25(36-32(19)30)11-27-21(13-38)16(3)23(34-27)10-26-20(12-37)15(2)22(33-26)9-24(14)35-31/h9-11,13-14,18,35,37-38H,6-8,12H2,1-5H3/b21-13+,24-9?,25-11?,26-10?,31-19?/t14-,18-/m0/s1. The number of fused-ring (bicyclic) bond motifs is 5. The first-order chi connectivity index (χ1) is 19.7. The summed E-state index contributed by atoms with van der Waals surface area (Å²) < 4.78 is 4.92. The number of ether oxygens (including phenoxy) is 1. The highest BCUT2D eigenvalue weighted by molar-refractivity contribution is 6.38. The van der Waals surface area contributed by atoms with Gasteiger partial charge >= 0.3 is 5.97 Å². The Labute approximate surface area is 238 Å². The van der Waals surface area contributed by atoms with Gasteiger partial charge < -0.3 is 20.3 Å². The molecule has 5 aliphatic heterocycles. The Morgan fingerprint density at radius 3 is 2.56 bits per heavy atom. The van der Waals surface area contributed by atoms with Crippen molar-refractivity contribution in [2.45, 2.75) is 47.0 Å². The van der Waals surface area contributed by atoms with Crippen LogP contribution < -0.4 is 5.32 Å². The average Bonchev–Trinajstić information content (AvgIpc) is 3.70. The van der Waals surface area contributed by atoms with E-state index in [-0.39, 0.29) is 43.0 Å². The van der Waals surface area contributed by atoms with Gasteiger partial charge in [-0.3, -0.25) is 9.59 Å². The minimum Gasteiger partial charge on any atom is -0.515 e. The molecule has 2 atom stereocenters. The van der Waals surface area contributed by atoms with Gasteiger partial charge in [-0.1, -0.05) is 6.92 Å². The number of nitrogens with zero attached hydrogens (tertiary/aromatic N) is 3. The molecule has 210 valence electrons. The van der Waals surface area contributed by atoms with Crippen LogP contribution in [-0.2, 0) is 14.3 Å². The molecule has 5 heterocycles. The maximum atomic E-state index is 13.4. The smallest absolute Gasteiger partial charge is 0.305 e. The zero-order valence-electron chi connectivity index (χ0n) is 23.8. The summed E-state index contributed by atoms with van der Waals surface area (Å²) in [5, 5.41) is 24.0. The van der Waals surface area contributed by atoms with Crippen molar-refractivity contribution in [2.24, 2.45) is 26.8 Å². The predicted molar refractivity (Wildman–Crippen MR) is 156 cm³/mol. The molecule has 8 bridgehead atoms. The number of allylic oxidation sites excluding steroid dienone is 11. The van der Waals surface area contributed by atoms with Crippen molar-refractivity contribution >= 4 is 28.9 Å². The van der Waals surface area contributed by atoms with E-state index in [9.17, 15) is 19.8 Å². The first kappa shape index (κ1) is 26.8. The second-order valence-corrected chi connectivity index (χ2v) is 11.1. The van der Waals surface area contributed by atoms with Gasteiger partial charge in [0.05, 0.1) is 54.2 Å². The van der Waals surface area contributed by atoms with E-state index in [0.29, 0.717) is 51.7 Å². The Hall–Kier alpha value is -4.37. The third kappa shape index (κ3) is 4.14. The zero-order chi connectivity index (χ0) is 29.2. The van der Waals surface area contributed by atoms with Crippen molar-refractivity contribution < 1.29 is 24.5 Å². The number of methoxy groups -OCH3 is 1. The SMILES string of the molecule is COC(=O)CC[C@@H]1C2=C3CC(=O)C4=C(C)C(=CC5=NC(=C(C)/C5=C\O)C=C5N=C(C=C(N2)[C@H]1C)C(C)=C5CO)N=C34. The van der Waals surface area contributed by atoms with Gasteiger partial charge in [0.2, 0.25) is 0 Å². The molecule has 2 fully saturated rings. The lowest BCUT2D eigenvalue weighted by Crippen LogP contribution is -2.15. The number of esters is 1. The summed E-state index contributed by atoms with van der Waals surface area (Å²) in [6, 6.07) is 0. The van der Waals surface area contributed by atoms with Crippen molar-refractivity contribution in [3.05, 3.63) is 92.0 Å². The molecular weight excluding hydrogens is 520 g/mol. The number of aliphatic hydroxyl groups is 2. The first-order valence-corrected chi connectivity index (χ1v) is 13.8. The number of carbonyl (C=O) groups excluding carboxylic acids is 2. The van der Waals surface area contributed by atoms with E-state index in [1.165, 1.54) is 7.11 Å². The highest BCUT2D eigenvalue weighted by Crippen LogP contribution is 2.45. The van der Waals surface area contributed by atoms with Crippen LogP contribution in [0.25, 0.3) is 0 Å². The highest BCUT2D eigenvalue weighted by atomic mass is 16.5. The fourth-order valence-corrected chi connectivity index (χ4v) is 6.40. The summed E-state index contributed by atoms with van der Waals surface area (Å²) in [5.41, 5.74) is 10.7. The number of Topliss-reactive ketones (excluding diaryl/α,β-unsaturated/α-hetero) is 1. The van der Waals surface area contributed by atoms with E-state index in [1.54, 1.807) is 6.08 Å². The van der Waals surface area contributed by atoms with Crippen LogP contribution in [0.15, 0.2) is 107 Å². The van der Waals surface area contributed by atoms with E-state index in [4.69, 9.17) is 19.7 Å². The Balaban J connectivity index is 1.60. The Kier molecular flexibility index (Phi) is 6.49. The normalized spacial score (nSPS) is 26.0. The van der Waals surface area contributed by atoms with Gasteiger partial charge in [-0.05, 0) is 62.1 Å². The molecule has 1 aliphatic carbocycles. The number of carbonyl (C=O) groups is 2. The number of rotatable bonds is 4. The van der Waals surface area contributed by atoms with Crippen molar-refractivity contribution in [2.75, 3.05) is 13.7 Å². The van der Waals surface area contributed by atoms with Crippen LogP contribution in [0.4, 0.5) is 0 Å². The first-order valence-electron chi connectivity index (χ1n) is 13.8. The number of ketones is 1. The molecule has 6 aliphatic rings. The molecule has 3 N–H and O–H groups in total. The summed E-state index contributed by atoms with van der Waals surface area (Å²) in [6.45, 7) is 7.61.